The number of amides is 1. The summed E-state index contributed by atoms with van der Waals surface area (Å²) in [7, 11) is 0. The van der Waals surface area contributed by atoms with Crippen molar-refractivity contribution in [3.8, 4) is 0 Å². The minimum absolute atomic E-state index is 0.0351. The molecule has 1 aromatic rings. The van der Waals surface area contributed by atoms with Crippen molar-refractivity contribution in [2.75, 3.05) is 6.61 Å². The van der Waals surface area contributed by atoms with Crippen molar-refractivity contribution in [3.05, 3.63) is 35.4 Å². The van der Waals surface area contributed by atoms with Gasteiger partial charge in [-0.2, -0.15) is 0 Å². The fourth-order valence-corrected chi connectivity index (χ4v) is 3.37. The number of hydrogen-bond acceptors (Lipinski definition) is 6. The summed E-state index contributed by atoms with van der Waals surface area (Å²) in [6.45, 7) is 2.45. The van der Waals surface area contributed by atoms with Gasteiger partial charge in [0.05, 0.1) is 6.04 Å². The van der Waals surface area contributed by atoms with Crippen LogP contribution in [0.4, 0.5) is 0 Å². The standard InChI is InChI=1S/C17H22N4O3/c1-2-14-17(15(18)22,20-10-24-14)13-6-4-3-5-11(13)7-8-12-9-23-16(19)21-12/h3-6,10,12,14H,2,7-9H2,1H3,(H2,18,22)(H2,19,21). The Morgan fingerprint density at radius 2 is 2.21 bits per heavy atom. The number of ether oxygens (including phenoxy) is 2. The van der Waals surface area contributed by atoms with Crippen LogP contribution in [0.25, 0.3) is 0 Å². The van der Waals surface area contributed by atoms with Crippen LogP contribution < -0.4 is 11.5 Å². The van der Waals surface area contributed by atoms with Gasteiger partial charge in [-0.3, -0.25) is 4.79 Å². The highest BCUT2D eigenvalue weighted by molar-refractivity contribution is 5.90. The van der Waals surface area contributed by atoms with Gasteiger partial charge < -0.3 is 20.9 Å². The summed E-state index contributed by atoms with van der Waals surface area (Å²) in [5.74, 6) is -0.498. The van der Waals surface area contributed by atoms with Crippen LogP contribution in [0.2, 0.25) is 0 Å². The normalized spacial score (nSPS) is 28.3. The zero-order valence-corrected chi connectivity index (χ0v) is 13.6. The molecular formula is C17H22N4O3. The third-order valence-electron chi connectivity index (χ3n) is 4.60. The molecule has 0 saturated heterocycles. The number of hydrogen-bond donors (Lipinski definition) is 2. The summed E-state index contributed by atoms with van der Waals surface area (Å²) >= 11 is 0. The van der Waals surface area contributed by atoms with E-state index in [0.717, 1.165) is 24.0 Å². The number of rotatable bonds is 6. The summed E-state index contributed by atoms with van der Waals surface area (Å²) < 4.78 is 10.7. The Morgan fingerprint density at radius 3 is 2.88 bits per heavy atom. The number of nitrogens with zero attached hydrogens (tertiary/aromatic N) is 2. The van der Waals surface area contributed by atoms with Crippen molar-refractivity contribution >= 4 is 18.3 Å². The Kier molecular flexibility index (Phi) is 4.42. The third-order valence-corrected chi connectivity index (χ3v) is 4.60. The monoisotopic (exact) mass is 330 g/mol. The molecule has 7 nitrogen and oxygen atoms in total. The van der Waals surface area contributed by atoms with Crippen LogP contribution >= 0.6 is 0 Å². The molecule has 7 heteroatoms. The number of nitrogens with two attached hydrogens (primary N) is 2. The van der Waals surface area contributed by atoms with Gasteiger partial charge in [-0.25, -0.2) is 9.98 Å². The minimum atomic E-state index is -1.17. The smallest absolute Gasteiger partial charge is 0.282 e. The van der Waals surface area contributed by atoms with Crippen molar-refractivity contribution in [2.24, 2.45) is 21.5 Å². The highest BCUT2D eigenvalue weighted by Gasteiger charge is 2.50. The van der Waals surface area contributed by atoms with E-state index in [1.54, 1.807) is 0 Å². The molecule has 1 amide bonds. The topological polar surface area (TPSA) is 112 Å². The molecule has 3 atom stereocenters. The molecule has 4 N–H and O–H groups in total. The molecule has 128 valence electrons. The summed E-state index contributed by atoms with van der Waals surface area (Å²) in [6.07, 6.45) is 3.08. The van der Waals surface area contributed by atoms with Crippen LogP contribution in [0.1, 0.15) is 30.9 Å². The number of aryl methyl sites for hydroxylation is 1. The summed E-state index contributed by atoms with van der Waals surface area (Å²) in [5, 5.41) is 0. The van der Waals surface area contributed by atoms with Crippen LogP contribution in [0.5, 0.6) is 0 Å². The lowest BCUT2D eigenvalue weighted by Gasteiger charge is -2.30. The molecule has 0 bridgehead atoms. The maximum Gasteiger partial charge on any atom is 0.282 e. The lowest BCUT2D eigenvalue weighted by atomic mass is 9.79. The van der Waals surface area contributed by atoms with Gasteiger partial charge in [0.1, 0.15) is 12.7 Å². The summed E-state index contributed by atoms with van der Waals surface area (Å²) in [6, 6.07) is 7.99. The van der Waals surface area contributed by atoms with Gasteiger partial charge in [-0.1, -0.05) is 31.2 Å². The predicted octanol–water partition coefficient (Wildman–Crippen LogP) is 0.850. The van der Waals surface area contributed by atoms with Gasteiger partial charge >= 0.3 is 0 Å². The van der Waals surface area contributed by atoms with Crippen LogP contribution in [0.15, 0.2) is 34.3 Å². The summed E-state index contributed by atoms with van der Waals surface area (Å²) in [4.78, 5) is 20.9. The Morgan fingerprint density at radius 1 is 1.42 bits per heavy atom. The van der Waals surface area contributed by atoms with Crippen molar-refractivity contribution < 1.29 is 14.3 Å². The van der Waals surface area contributed by atoms with E-state index in [-0.39, 0.29) is 18.2 Å². The molecule has 0 aromatic heterocycles. The minimum Gasteiger partial charge on any atom is -0.477 e. The molecule has 0 aliphatic carbocycles. The molecule has 1 aromatic carbocycles. The molecule has 0 radical (unpaired) electrons. The third kappa shape index (κ3) is 2.70. The zero-order chi connectivity index (χ0) is 17.2. The molecule has 2 aliphatic rings. The molecule has 24 heavy (non-hydrogen) atoms. The van der Waals surface area contributed by atoms with Gasteiger partial charge in [0, 0.05) is 0 Å². The number of amidine groups is 1. The van der Waals surface area contributed by atoms with E-state index >= 15 is 0 Å². The largest absolute Gasteiger partial charge is 0.477 e. The Balaban J connectivity index is 1.90. The van der Waals surface area contributed by atoms with E-state index in [0.29, 0.717) is 13.0 Å². The quantitative estimate of drug-likeness (QED) is 0.805. The lowest BCUT2D eigenvalue weighted by Crippen LogP contribution is -2.47. The first-order valence-corrected chi connectivity index (χ1v) is 8.11. The first-order valence-electron chi connectivity index (χ1n) is 8.11. The molecule has 3 rings (SSSR count). The van der Waals surface area contributed by atoms with Gasteiger partial charge in [0.25, 0.3) is 11.9 Å². The SMILES string of the molecule is CCC1OC=NC1(C(N)=O)c1ccccc1CCC1COC(N)=N1. The highest BCUT2D eigenvalue weighted by atomic mass is 16.5. The molecule has 2 heterocycles. The van der Waals surface area contributed by atoms with Gasteiger partial charge in [-0.05, 0) is 30.4 Å². The maximum atomic E-state index is 12.3. The highest BCUT2D eigenvalue weighted by Crippen LogP contribution is 2.38. The van der Waals surface area contributed by atoms with E-state index < -0.39 is 11.4 Å². The molecule has 2 aliphatic heterocycles. The van der Waals surface area contributed by atoms with E-state index in [9.17, 15) is 4.79 Å². The maximum absolute atomic E-state index is 12.3. The van der Waals surface area contributed by atoms with Crippen molar-refractivity contribution in [2.45, 2.75) is 43.9 Å². The van der Waals surface area contributed by atoms with E-state index in [1.807, 2.05) is 31.2 Å². The van der Waals surface area contributed by atoms with E-state index in [1.165, 1.54) is 6.40 Å². The Labute approximate surface area is 140 Å². The fourth-order valence-electron chi connectivity index (χ4n) is 3.37. The Hall–Kier alpha value is -2.57. The molecule has 0 spiro atoms. The fraction of sp³-hybridized carbons (Fsp3) is 0.471. The molecule has 0 saturated carbocycles. The first-order chi connectivity index (χ1) is 11.6. The Bertz CT molecular complexity index is 688. The average Bonchev–Trinajstić information content (AvgIpc) is 3.19. The van der Waals surface area contributed by atoms with Gasteiger partial charge in [0.15, 0.2) is 6.40 Å². The average molecular weight is 330 g/mol. The van der Waals surface area contributed by atoms with Crippen LogP contribution in [0.3, 0.4) is 0 Å². The van der Waals surface area contributed by atoms with Crippen molar-refractivity contribution in [1.82, 2.24) is 0 Å². The first kappa shape index (κ1) is 16.3. The number of carbonyl (C=O) groups is 1. The zero-order valence-electron chi connectivity index (χ0n) is 13.6. The van der Waals surface area contributed by atoms with Crippen molar-refractivity contribution in [1.29, 1.82) is 0 Å². The van der Waals surface area contributed by atoms with E-state index in [2.05, 4.69) is 9.98 Å². The predicted molar refractivity (Wildman–Crippen MR) is 90.7 cm³/mol. The number of carbonyl (C=O) groups excluding carboxylic acids is 1. The van der Waals surface area contributed by atoms with Gasteiger partial charge in [0.2, 0.25) is 5.54 Å². The second-order valence-electron chi connectivity index (χ2n) is 6.03. The second-order valence-corrected chi connectivity index (χ2v) is 6.03. The van der Waals surface area contributed by atoms with E-state index in [4.69, 9.17) is 20.9 Å². The summed E-state index contributed by atoms with van der Waals surface area (Å²) in [5.41, 5.74) is 11.9. The second kappa shape index (κ2) is 6.51. The lowest BCUT2D eigenvalue weighted by molar-refractivity contribution is -0.125. The number of primary amides is 1. The van der Waals surface area contributed by atoms with Crippen LogP contribution in [0, 0.1) is 0 Å². The van der Waals surface area contributed by atoms with Crippen LogP contribution in [-0.4, -0.2) is 37.1 Å². The number of aliphatic imine (C=N–C) groups is 2. The molecule has 0 fully saturated rings. The molecule has 3 unspecified atom stereocenters. The molecular weight excluding hydrogens is 308 g/mol. The number of benzene rings is 1. The van der Waals surface area contributed by atoms with Crippen LogP contribution in [-0.2, 0) is 26.2 Å². The van der Waals surface area contributed by atoms with Crippen molar-refractivity contribution in [3.63, 3.8) is 0 Å². The van der Waals surface area contributed by atoms with Gasteiger partial charge in [-0.15, -0.1) is 0 Å².